The van der Waals surface area contributed by atoms with E-state index >= 15 is 0 Å². The number of para-hydroxylation sites is 1. The van der Waals surface area contributed by atoms with Gasteiger partial charge in [0.25, 0.3) is 0 Å². The summed E-state index contributed by atoms with van der Waals surface area (Å²) < 4.78 is 13.8. The Morgan fingerprint density at radius 3 is 2.50 bits per heavy atom. The van der Waals surface area contributed by atoms with Crippen molar-refractivity contribution in [2.24, 2.45) is 0 Å². The normalized spacial score (nSPS) is 10.3. The molecule has 0 atom stereocenters. The van der Waals surface area contributed by atoms with Crippen molar-refractivity contribution in [3.8, 4) is 0 Å². The van der Waals surface area contributed by atoms with Gasteiger partial charge in [-0.05, 0) is 52.3 Å². The Morgan fingerprint density at radius 2 is 1.73 bits per heavy atom. The van der Waals surface area contributed by atoms with Gasteiger partial charge in [0.05, 0.1) is 11.9 Å². The fraction of sp³-hybridized carbons (Fsp3) is 0. The van der Waals surface area contributed by atoms with Crippen molar-refractivity contribution in [1.29, 1.82) is 0 Å². The topological polar surface area (TPSA) is 62.7 Å². The van der Waals surface area contributed by atoms with Gasteiger partial charge in [-0.15, -0.1) is 5.10 Å². The first-order valence-corrected chi connectivity index (χ1v) is 7.24. The van der Waals surface area contributed by atoms with E-state index in [0.29, 0.717) is 17.5 Å². The summed E-state index contributed by atoms with van der Waals surface area (Å²) in [6.45, 7) is 0. The van der Waals surface area contributed by atoms with Crippen LogP contribution in [-0.2, 0) is 0 Å². The molecule has 0 radical (unpaired) electrons. The van der Waals surface area contributed by atoms with Crippen LogP contribution in [0.3, 0.4) is 0 Å². The van der Waals surface area contributed by atoms with Gasteiger partial charge in [0, 0.05) is 10.2 Å². The minimum Gasteiger partial charge on any atom is -0.338 e. The first-order chi connectivity index (χ1) is 10.7. The summed E-state index contributed by atoms with van der Waals surface area (Å²) in [6, 6.07) is 13.6. The Labute approximate surface area is 134 Å². The quantitative estimate of drug-likeness (QED) is 0.728. The van der Waals surface area contributed by atoms with E-state index in [0.717, 1.165) is 10.2 Å². The molecule has 0 aliphatic carbocycles. The lowest BCUT2D eigenvalue weighted by Crippen LogP contribution is -2.02. The number of nitrogens with one attached hydrogen (secondary N) is 2. The first-order valence-electron chi connectivity index (χ1n) is 6.44. The van der Waals surface area contributed by atoms with Crippen LogP contribution < -0.4 is 10.6 Å². The zero-order valence-corrected chi connectivity index (χ0v) is 12.9. The van der Waals surface area contributed by atoms with Gasteiger partial charge >= 0.3 is 0 Å². The highest BCUT2D eigenvalue weighted by molar-refractivity contribution is 9.10. The summed E-state index contributed by atoms with van der Waals surface area (Å²) in [7, 11) is 0. The second-order valence-corrected chi connectivity index (χ2v) is 5.26. The molecule has 1 aromatic heterocycles. The molecule has 5 nitrogen and oxygen atoms in total. The molecule has 0 spiro atoms. The van der Waals surface area contributed by atoms with E-state index in [2.05, 4.69) is 41.7 Å². The van der Waals surface area contributed by atoms with Crippen molar-refractivity contribution >= 4 is 39.1 Å². The molecule has 3 rings (SSSR count). The van der Waals surface area contributed by atoms with E-state index in [1.165, 1.54) is 18.3 Å². The number of hydrogen-bond donors (Lipinski definition) is 2. The molecule has 2 aromatic carbocycles. The van der Waals surface area contributed by atoms with E-state index in [9.17, 15) is 4.39 Å². The maximum atomic E-state index is 12.9. The molecular weight excluding hydrogens is 349 g/mol. The van der Waals surface area contributed by atoms with Crippen LogP contribution in [0.4, 0.5) is 27.5 Å². The van der Waals surface area contributed by atoms with Crippen molar-refractivity contribution in [2.45, 2.75) is 0 Å². The molecule has 1 heterocycles. The number of nitrogens with zero attached hydrogens (tertiary/aromatic N) is 3. The summed E-state index contributed by atoms with van der Waals surface area (Å²) in [5, 5.41) is 13.9. The third-order valence-corrected chi connectivity index (χ3v) is 3.49. The summed E-state index contributed by atoms with van der Waals surface area (Å²) in [6.07, 6.45) is 1.52. The second-order valence-electron chi connectivity index (χ2n) is 4.40. The minimum absolute atomic E-state index is 0.297. The van der Waals surface area contributed by atoms with Crippen LogP contribution in [0.2, 0.25) is 0 Å². The van der Waals surface area contributed by atoms with Crippen molar-refractivity contribution in [1.82, 2.24) is 15.2 Å². The third-order valence-electron chi connectivity index (χ3n) is 2.80. The van der Waals surface area contributed by atoms with Crippen molar-refractivity contribution < 1.29 is 4.39 Å². The minimum atomic E-state index is -0.297. The van der Waals surface area contributed by atoms with Gasteiger partial charge < -0.3 is 10.6 Å². The van der Waals surface area contributed by atoms with Crippen LogP contribution >= 0.6 is 15.9 Å². The van der Waals surface area contributed by atoms with Crippen molar-refractivity contribution in [3.05, 3.63) is 65.0 Å². The molecule has 0 amide bonds. The summed E-state index contributed by atoms with van der Waals surface area (Å²) >= 11 is 3.46. The van der Waals surface area contributed by atoms with Crippen LogP contribution in [0.5, 0.6) is 0 Å². The van der Waals surface area contributed by atoms with Gasteiger partial charge in [0.2, 0.25) is 5.95 Å². The average molecular weight is 360 g/mol. The van der Waals surface area contributed by atoms with Gasteiger partial charge in [0.1, 0.15) is 5.82 Å². The van der Waals surface area contributed by atoms with Crippen LogP contribution in [-0.4, -0.2) is 15.2 Å². The Balaban J connectivity index is 1.78. The highest BCUT2D eigenvalue weighted by atomic mass is 79.9. The molecule has 0 fully saturated rings. The molecule has 2 N–H and O–H groups in total. The molecule has 7 heteroatoms. The number of anilines is 4. The zero-order valence-electron chi connectivity index (χ0n) is 11.3. The van der Waals surface area contributed by atoms with E-state index in [-0.39, 0.29) is 5.82 Å². The fourth-order valence-corrected chi connectivity index (χ4v) is 2.16. The zero-order chi connectivity index (χ0) is 15.4. The van der Waals surface area contributed by atoms with Crippen molar-refractivity contribution in [2.75, 3.05) is 10.6 Å². The molecular formula is C15H11BrFN5. The number of hydrogen-bond acceptors (Lipinski definition) is 5. The summed E-state index contributed by atoms with van der Waals surface area (Å²) in [4.78, 5) is 4.32. The van der Waals surface area contributed by atoms with Crippen LogP contribution in [0.1, 0.15) is 0 Å². The van der Waals surface area contributed by atoms with E-state index in [1.807, 2.05) is 24.3 Å². The molecule has 3 aromatic rings. The number of aromatic nitrogens is 3. The maximum absolute atomic E-state index is 12.9. The number of rotatable bonds is 4. The predicted molar refractivity (Wildman–Crippen MR) is 86.9 cm³/mol. The average Bonchev–Trinajstić information content (AvgIpc) is 2.52. The fourth-order valence-electron chi connectivity index (χ4n) is 1.78. The number of halogens is 2. The molecule has 110 valence electrons. The monoisotopic (exact) mass is 359 g/mol. The Hall–Kier alpha value is -2.54. The van der Waals surface area contributed by atoms with Gasteiger partial charge in [-0.1, -0.05) is 12.1 Å². The first kappa shape index (κ1) is 14.4. The lowest BCUT2D eigenvalue weighted by atomic mass is 10.3. The van der Waals surface area contributed by atoms with Crippen LogP contribution in [0.25, 0.3) is 0 Å². The van der Waals surface area contributed by atoms with Crippen LogP contribution in [0.15, 0.2) is 59.2 Å². The molecule has 22 heavy (non-hydrogen) atoms. The van der Waals surface area contributed by atoms with Gasteiger partial charge in [-0.25, -0.2) is 4.39 Å². The molecule has 0 saturated heterocycles. The molecule has 0 aliphatic heterocycles. The summed E-state index contributed by atoms with van der Waals surface area (Å²) in [5.74, 6) is 0.573. The second kappa shape index (κ2) is 6.48. The van der Waals surface area contributed by atoms with Gasteiger partial charge in [-0.3, -0.25) is 0 Å². The Kier molecular flexibility index (Phi) is 4.24. The lowest BCUT2D eigenvalue weighted by Gasteiger charge is -2.08. The Morgan fingerprint density at radius 1 is 0.955 bits per heavy atom. The highest BCUT2D eigenvalue weighted by Gasteiger charge is 2.04. The van der Waals surface area contributed by atoms with Crippen molar-refractivity contribution in [3.63, 3.8) is 0 Å². The summed E-state index contributed by atoms with van der Waals surface area (Å²) in [5.41, 5.74) is 1.55. The van der Waals surface area contributed by atoms with Gasteiger partial charge in [-0.2, -0.15) is 10.1 Å². The highest BCUT2D eigenvalue weighted by Crippen LogP contribution is 2.24. The molecule has 0 aliphatic rings. The van der Waals surface area contributed by atoms with Crippen LogP contribution in [0, 0.1) is 5.82 Å². The van der Waals surface area contributed by atoms with E-state index in [4.69, 9.17) is 0 Å². The smallest absolute Gasteiger partial charge is 0.249 e. The molecule has 0 bridgehead atoms. The van der Waals surface area contributed by atoms with E-state index in [1.54, 1.807) is 12.1 Å². The lowest BCUT2D eigenvalue weighted by molar-refractivity contribution is 0.628. The predicted octanol–water partition coefficient (Wildman–Crippen LogP) is 4.26. The number of benzene rings is 2. The van der Waals surface area contributed by atoms with Gasteiger partial charge in [0.15, 0.2) is 5.82 Å². The molecule has 0 saturated carbocycles. The maximum Gasteiger partial charge on any atom is 0.249 e. The molecule has 0 unspecified atom stereocenters. The SMILES string of the molecule is Fc1ccc(Nc2nncc(Nc3ccccc3Br)n2)cc1. The Bertz CT molecular complexity index is 779. The standard InChI is InChI=1S/C15H11BrFN5/c16-12-3-1-2-4-13(12)20-14-9-18-22-15(21-14)19-11-7-5-10(17)6-8-11/h1-9H,(H2,19,20,21,22). The largest absolute Gasteiger partial charge is 0.338 e. The third kappa shape index (κ3) is 3.56. The van der Waals surface area contributed by atoms with E-state index < -0.39 is 0 Å².